The van der Waals surface area contributed by atoms with Gasteiger partial charge < -0.3 is 15.0 Å². The molecule has 2 N–H and O–H groups in total. The highest BCUT2D eigenvalue weighted by molar-refractivity contribution is 6.38. The zero-order valence-corrected chi connectivity index (χ0v) is 15.6. The second kappa shape index (κ2) is 8.87. The molecule has 1 saturated heterocycles. The number of hydrogen-bond donors (Lipinski definition) is 2. The van der Waals surface area contributed by atoms with Gasteiger partial charge in [-0.1, -0.05) is 23.2 Å². The fourth-order valence-electron chi connectivity index (χ4n) is 2.68. The van der Waals surface area contributed by atoms with E-state index >= 15 is 0 Å². The lowest BCUT2D eigenvalue weighted by Crippen LogP contribution is -2.41. The van der Waals surface area contributed by atoms with E-state index in [0.29, 0.717) is 35.7 Å². The van der Waals surface area contributed by atoms with Crippen molar-refractivity contribution in [1.82, 2.24) is 15.2 Å². The fraction of sp³-hybridized carbons (Fsp3) is 0.375. The highest BCUT2D eigenvalue weighted by atomic mass is 35.5. The van der Waals surface area contributed by atoms with Crippen LogP contribution in [-0.2, 0) is 4.74 Å². The third kappa shape index (κ3) is 4.86. The second-order valence-electron chi connectivity index (χ2n) is 5.57. The van der Waals surface area contributed by atoms with E-state index in [2.05, 4.69) is 15.2 Å². The number of fused-ring (bicyclic) bond motifs is 1. The number of rotatable bonds is 4. The van der Waals surface area contributed by atoms with Crippen molar-refractivity contribution in [3.63, 3.8) is 0 Å². The molecule has 1 amide bonds. The molecule has 2 aromatic rings. The van der Waals surface area contributed by atoms with E-state index in [-0.39, 0.29) is 34.5 Å². The van der Waals surface area contributed by atoms with E-state index in [9.17, 15) is 9.59 Å². The molecule has 0 bridgehead atoms. The summed E-state index contributed by atoms with van der Waals surface area (Å²) in [6.07, 6.45) is 0. The lowest BCUT2D eigenvalue weighted by Gasteiger charge is -2.26. The number of nitrogens with one attached hydrogen (secondary N) is 2. The number of amides is 1. The number of hydrogen-bond acceptors (Lipinski definition) is 4. The number of morpholine rings is 1. The number of halogens is 3. The molecule has 1 aromatic carbocycles. The van der Waals surface area contributed by atoms with Crippen molar-refractivity contribution in [2.45, 2.75) is 0 Å². The number of H-pyrrole nitrogens is 1. The molecule has 0 radical (unpaired) electrons. The Morgan fingerprint density at radius 3 is 2.68 bits per heavy atom. The van der Waals surface area contributed by atoms with E-state index in [4.69, 9.17) is 27.9 Å². The number of benzene rings is 1. The summed E-state index contributed by atoms with van der Waals surface area (Å²) < 4.78 is 5.28. The molecule has 0 atom stereocenters. The largest absolute Gasteiger partial charge is 0.379 e. The maximum Gasteiger partial charge on any atom is 0.267 e. The van der Waals surface area contributed by atoms with Crippen molar-refractivity contribution < 1.29 is 9.53 Å². The summed E-state index contributed by atoms with van der Waals surface area (Å²) in [7, 11) is 0. The van der Waals surface area contributed by atoms with Crippen molar-refractivity contribution in [2.24, 2.45) is 0 Å². The van der Waals surface area contributed by atoms with Crippen LogP contribution in [0.2, 0.25) is 10.0 Å². The molecule has 3 rings (SSSR count). The Bertz CT molecular complexity index is 819. The van der Waals surface area contributed by atoms with Crippen molar-refractivity contribution in [2.75, 3.05) is 39.4 Å². The summed E-state index contributed by atoms with van der Waals surface area (Å²) >= 11 is 12.0. The standard InChI is InChI=1S/C16H17Cl2N3O3.ClH/c17-10-7-11(18)15-12(8-10)20-13(9-14(15)22)16(23)19-1-2-21-3-5-24-6-4-21;/h7-9H,1-6H2,(H,19,23)(H,20,22);1H. The van der Waals surface area contributed by atoms with Gasteiger partial charge in [0.15, 0.2) is 5.43 Å². The van der Waals surface area contributed by atoms with Crippen molar-refractivity contribution in [1.29, 1.82) is 0 Å². The Morgan fingerprint density at radius 1 is 1.24 bits per heavy atom. The molecule has 2 heterocycles. The van der Waals surface area contributed by atoms with Crippen LogP contribution in [-0.4, -0.2) is 55.2 Å². The minimum Gasteiger partial charge on any atom is -0.379 e. The van der Waals surface area contributed by atoms with Gasteiger partial charge in [-0.2, -0.15) is 0 Å². The van der Waals surface area contributed by atoms with Crippen molar-refractivity contribution in [3.8, 4) is 0 Å². The fourth-order valence-corrected chi connectivity index (χ4v) is 3.26. The van der Waals surface area contributed by atoms with E-state index in [1.54, 1.807) is 6.07 Å². The minimum atomic E-state index is -0.335. The Morgan fingerprint density at radius 2 is 1.96 bits per heavy atom. The normalized spacial score (nSPS) is 15.0. The van der Waals surface area contributed by atoms with Gasteiger partial charge in [-0.3, -0.25) is 14.5 Å². The van der Waals surface area contributed by atoms with Crippen LogP contribution in [0.1, 0.15) is 10.5 Å². The summed E-state index contributed by atoms with van der Waals surface area (Å²) in [4.78, 5) is 29.6. The zero-order chi connectivity index (χ0) is 17.1. The topological polar surface area (TPSA) is 74.4 Å². The predicted molar refractivity (Wildman–Crippen MR) is 101 cm³/mol. The molecule has 136 valence electrons. The molecule has 1 fully saturated rings. The van der Waals surface area contributed by atoms with Gasteiger partial charge in [0.2, 0.25) is 0 Å². The van der Waals surface area contributed by atoms with Gasteiger partial charge in [0.05, 0.1) is 29.1 Å². The van der Waals surface area contributed by atoms with E-state index in [1.807, 2.05) is 0 Å². The van der Waals surface area contributed by atoms with Crippen LogP contribution in [0.15, 0.2) is 23.0 Å². The molecule has 0 unspecified atom stereocenters. The van der Waals surface area contributed by atoms with Crippen LogP contribution in [0.25, 0.3) is 10.9 Å². The van der Waals surface area contributed by atoms with Crippen LogP contribution in [0.5, 0.6) is 0 Å². The minimum absolute atomic E-state index is 0. The Labute approximate surface area is 160 Å². The average Bonchev–Trinajstić information content (AvgIpc) is 2.54. The summed E-state index contributed by atoms with van der Waals surface area (Å²) in [6, 6.07) is 4.34. The quantitative estimate of drug-likeness (QED) is 0.817. The summed E-state index contributed by atoms with van der Waals surface area (Å²) in [5, 5.41) is 3.79. The lowest BCUT2D eigenvalue weighted by molar-refractivity contribution is 0.0383. The maximum atomic E-state index is 12.3. The van der Waals surface area contributed by atoms with Gasteiger partial charge in [-0.05, 0) is 12.1 Å². The highest BCUT2D eigenvalue weighted by Crippen LogP contribution is 2.24. The molecule has 0 spiro atoms. The molecule has 1 aliphatic rings. The third-order valence-electron chi connectivity index (χ3n) is 3.91. The summed E-state index contributed by atoms with van der Waals surface area (Å²) in [6.45, 7) is 4.39. The number of ether oxygens (including phenoxy) is 1. The molecule has 1 aliphatic heterocycles. The first-order chi connectivity index (χ1) is 11.5. The summed E-state index contributed by atoms with van der Waals surface area (Å²) in [5.74, 6) is -0.335. The molecular weight excluding hydrogens is 389 g/mol. The Kier molecular flexibility index (Phi) is 7.10. The van der Waals surface area contributed by atoms with E-state index in [0.717, 1.165) is 19.6 Å². The average molecular weight is 407 g/mol. The van der Waals surface area contributed by atoms with E-state index < -0.39 is 0 Å². The monoisotopic (exact) mass is 405 g/mol. The molecule has 0 saturated carbocycles. The van der Waals surface area contributed by atoms with Gasteiger partial charge in [0.25, 0.3) is 5.91 Å². The second-order valence-corrected chi connectivity index (χ2v) is 6.41. The van der Waals surface area contributed by atoms with Crippen LogP contribution >= 0.6 is 35.6 Å². The zero-order valence-electron chi connectivity index (χ0n) is 13.3. The Balaban J connectivity index is 0.00000225. The maximum absolute atomic E-state index is 12.3. The first-order valence-electron chi connectivity index (χ1n) is 7.65. The Hall–Kier alpha value is -1.31. The predicted octanol–water partition coefficient (Wildman–Crippen LogP) is 2.32. The van der Waals surface area contributed by atoms with Crippen molar-refractivity contribution in [3.05, 3.63) is 44.2 Å². The van der Waals surface area contributed by atoms with Gasteiger partial charge in [-0.25, -0.2) is 0 Å². The smallest absolute Gasteiger partial charge is 0.267 e. The van der Waals surface area contributed by atoms with Gasteiger partial charge >= 0.3 is 0 Å². The molecule has 1 aromatic heterocycles. The molecule has 25 heavy (non-hydrogen) atoms. The van der Waals surface area contributed by atoms with Gasteiger partial charge in [0.1, 0.15) is 5.69 Å². The van der Waals surface area contributed by atoms with Gasteiger partial charge in [-0.15, -0.1) is 12.4 Å². The lowest BCUT2D eigenvalue weighted by atomic mass is 10.2. The van der Waals surface area contributed by atoms with E-state index in [1.165, 1.54) is 12.1 Å². The van der Waals surface area contributed by atoms with Gasteiger partial charge in [0, 0.05) is 37.3 Å². The van der Waals surface area contributed by atoms with Crippen LogP contribution < -0.4 is 10.7 Å². The third-order valence-corrected chi connectivity index (χ3v) is 4.42. The molecular formula is C16H18Cl3N3O3. The number of pyridine rings is 1. The first kappa shape index (κ1) is 20.0. The molecule has 0 aliphatic carbocycles. The molecule has 6 nitrogen and oxygen atoms in total. The van der Waals surface area contributed by atoms with Crippen LogP contribution in [0.4, 0.5) is 0 Å². The van der Waals surface area contributed by atoms with Crippen LogP contribution in [0, 0.1) is 0 Å². The van der Waals surface area contributed by atoms with Crippen molar-refractivity contribution >= 4 is 52.4 Å². The number of aromatic nitrogens is 1. The number of aromatic amines is 1. The first-order valence-corrected chi connectivity index (χ1v) is 8.40. The number of nitrogens with zero attached hydrogens (tertiary/aromatic N) is 1. The number of carbonyl (C=O) groups excluding carboxylic acids is 1. The number of carbonyl (C=O) groups is 1. The highest BCUT2D eigenvalue weighted by Gasteiger charge is 2.14. The van der Waals surface area contributed by atoms with Crippen LogP contribution in [0.3, 0.4) is 0 Å². The summed E-state index contributed by atoms with van der Waals surface area (Å²) in [5.41, 5.74) is 0.315. The SMILES string of the molecule is Cl.O=C(NCCN1CCOCC1)c1cc(=O)c2c(Cl)cc(Cl)cc2[nH]1. The molecule has 9 heteroatoms.